The van der Waals surface area contributed by atoms with Gasteiger partial charge in [-0.25, -0.2) is 4.79 Å². The number of phenolic OH excluding ortho intramolecular Hbond substituents is 1. The molecule has 1 aromatic rings. The molecular formula is C31H42O17. The summed E-state index contributed by atoms with van der Waals surface area (Å²) >= 11 is 0. The number of benzene rings is 1. The van der Waals surface area contributed by atoms with E-state index in [0.29, 0.717) is 6.42 Å². The number of allylic oxidation sites excluding steroid dienone is 1. The molecule has 4 rings (SSSR count). The Balaban J connectivity index is 1.39. The maximum absolute atomic E-state index is 13.1. The summed E-state index contributed by atoms with van der Waals surface area (Å²) in [7, 11) is 1.12. The van der Waals surface area contributed by atoms with Crippen molar-refractivity contribution in [3.05, 3.63) is 53.3 Å². The molecule has 0 saturated carbocycles. The molecule has 3 aliphatic rings. The lowest BCUT2D eigenvalue weighted by molar-refractivity contribution is -0.327. The minimum absolute atomic E-state index is 0.0483. The monoisotopic (exact) mass is 686 g/mol. The number of ether oxygens (including phenoxy) is 7. The van der Waals surface area contributed by atoms with Crippen LogP contribution in [0.4, 0.5) is 0 Å². The van der Waals surface area contributed by atoms with Crippen molar-refractivity contribution in [3.63, 3.8) is 0 Å². The largest absolute Gasteiger partial charge is 0.508 e. The third-order valence-corrected chi connectivity index (χ3v) is 8.29. The van der Waals surface area contributed by atoms with Gasteiger partial charge in [-0.2, -0.15) is 0 Å². The molecule has 8 N–H and O–H groups in total. The lowest BCUT2D eigenvalue weighted by Crippen LogP contribution is -2.60. The highest BCUT2D eigenvalue weighted by Crippen LogP contribution is 2.36. The fourth-order valence-electron chi connectivity index (χ4n) is 5.47. The van der Waals surface area contributed by atoms with E-state index in [2.05, 4.69) is 0 Å². The van der Waals surface area contributed by atoms with Crippen LogP contribution in [0.25, 0.3) is 0 Å². The number of carbonyl (C=O) groups is 2. The SMILES string of the molecule is C/C=C1\C(O[C@@H]2O[C@H](CO)[C@@H](O)[C@H](O)[C@H]2O)OC=C(C(=O)OC)C1CC(=O)OC[C@H]1O[C@@H](OCCc2ccc(O)cc2)[C@H](O)[C@@H](O)[C@@H]1O. The molecule has 48 heavy (non-hydrogen) atoms. The molecule has 0 spiro atoms. The second-order valence-corrected chi connectivity index (χ2v) is 11.4. The molecular weight excluding hydrogens is 644 g/mol. The Morgan fingerprint density at radius 1 is 0.875 bits per heavy atom. The molecule has 2 unspecified atom stereocenters. The topological polar surface area (TPSA) is 261 Å². The molecule has 3 aliphatic heterocycles. The standard InChI is InChI=1S/C31H42O17/c1-3-16-17(18(28(41)42-2)12-45-29(16)48-31-27(40)24(37)22(35)19(11-32)46-31)10-21(34)44-13-20-23(36)25(38)26(39)30(47-20)43-9-8-14-4-6-15(33)7-5-14/h3-7,12,17,19-20,22-27,29-33,35-40H,8-11,13H2,1-2H3/b16-3-/t17?,19-,20-,22-,23-,24+,25+,26-,27-,29?,30-,31+/m1/s1. The van der Waals surface area contributed by atoms with E-state index in [4.69, 9.17) is 33.2 Å². The minimum Gasteiger partial charge on any atom is -0.508 e. The molecule has 17 heteroatoms. The molecule has 1 aromatic carbocycles. The number of hydrogen-bond acceptors (Lipinski definition) is 17. The van der Waals surface area contributed by atoms with Crippen LogP contribution < -0.4 is 0 Å². The van der Waals surface area contributed by atoms with E-state index in [1.165, 1.54) is 18.2 Å². The Kier molecular flexibility index (Phi) is 13.3. The number of hydrogen-bond donors (Lipinski definition) is 8. The van der Waals surface area contributed by atoms with Crippen LogP contribution in [0.2, 0.25) is 0 Å². The van der Waals surface area contributed by atoms with Gasteiger partial charge in [0.05, 0.1) is 38.6 Å². The summed E-state index contributed by atoms with van der Waals surface area (Å²) in [6.45, 7) is 0.335. The van der Waals surface area contributed by atoms with Gasteiger partial charge in [0.15, 0.2) is 12.6 Å². The average molecular weight is 687 g/mol. The number of aromatic hydroxyl groups is 1. The number of aliphatic hydroxyl groups is 7. The Bertz CT molecular complexity index is 1280. The molecule has 0 aromatic heterocycles. The summed E-state index contributed by atoms with van der Waals surface area (Å²) in [6.07, 6.45) is -14.6. The Hall–Kier alpha value is -3.20. The molecule has 2 fully saturated rings. The van der Waals surface area contributed by atoms with Gasteiger partial charge in [-0.1, -0.05) is 18.2 Å². The molecule has 2 saturated heterocycles. The van der Waals surface area contributed by atoms with Crippen LogP contribution in [0.5, 0.6) is 5.75 Å². The van der Waals surface area contributed by atoms with Crippen molar-refractivity contribution >= 4 is 11.9 Å². The average Bonchev–Trinajstić information content (AvgIpc) is 3.08. The molecule has 268 valence electrons. The Morgan fingerprint density at radius 3 is 2.12 bits per heavy atom. The first-order valence-corrected chi connectivity index (χ1v) is 15.2. The Morgan fingerprint density at radius 2 is 1.50 bits per heavy atom. The van der Waals surface area contributed by atoms with Gasteiger partial charge in [0.2, 0.25) is 6.29 Å². The van der Waals surface area contributed by atoms with E-state index in [0.717, 1.165) is 18.9 Å². The first kappa shape index (κ1) is 37.6. The second kappa shape index (κ2) is 17.0. The summed E-state index contributed by atoms with van der Waals surface area (Å²) in [5.41, 5.74) is 0.922. The van der Waals surface area contributed by atoms with Crippen molar-refractivity contribution in [2.75, 3.05) is 26.9 Å². The van der Waals surface area contributed by atoms with Gasteiger partial charge in [-0.15, -0.1) is 0 Å². The van der Waals surface area contributed by atoms with Crippen LogP contribution in [0, 0.1) is 5.92 Å². The number of esters is 2. The minimum atomic E-state index is -1.75. The van der Waals surface area contributed by atoms with Crippen molar-refractivity contribution in [3.8, 4) is 5.75 Å². The predicted molar refractivity (Wildman–Crippen MR) is 157 cm³/mol. The quantitative estimate of drug-likeness (QED) is 0.0834. The molecule has 0 bridgehead atoms. The predicted octanol–water partition coefficient (Wildman–Crippen LogP) is -2.52. The summed E-state index contributed by atoms with van der Waals surface area (Å²) in [5, 5.41) is 80.8. The van der Waals surface area contributed by atoms with Gasteiger partial charge < -0.3 is 74.0 Å². The molecule has 0 amide bonds. The highest BCUT2D eigenvalue weighted by Gasteiger charge is 2.48. The molecule has 17 nitrogen and oxygen atoms in total. The summed E-state index contributed by atoms with van der Waals surface area (Å²) in [4.78, 5) is 25.7. The van der Waals surface area contributed by atoms with Crippen molar-refractivity contribution in [2.24, 2.45) is 5.92 Å². The third kappa shape index (κ3) is 8.68. The Labute approximate surface area is 275 Å². The maximum Gasteiger partial charge on any atom is 0.337 e. The van der Waals surface area contributed by atoms with Gasteiger partial charge in [0.25, 0.3) is 0 Å². The van der Waals surface area contributed by atoms with Crippen LogP contribution in [-0.4, -0.2) is 147 Å². The number of methoxy groups -OCH3 is 1. The maximum atomic E-state index is 13.1. The highest BCUT2D eigenvalue weighted by atomic mass is 16.8. The lowest BCUT2D eigenvalue weighted by Gasteiger charge is -2.42. The van der Waals surface area contributed by atoms with Crippen molar-refractivity contribution in [2.45, 2.75) is 87.5 Å². The van der Waals surface area contributed by atoms with Gasteiger partial charge >= 0.3 is 11.9 Å². The van der Waals surface area contributed by atoms with Crippen LogP contribution >= 0.6 is 0 Å². The van der Waals surface area contributed by atoms with Crippen LogP contribution in [-0.2, 0) is 49.2 Å². The summed E-state index contributed by atoms with van der Waals surface area (Å²) < 4.78 is 38.0. The van der Waals surface area contributed by atoms with Gasteiger partial charge in [0, 0.05) is 11.5 Å². The molecule has 3 heterocycles. The van der Waals surface area contributed by atoms with E-state index < -0.39 is 105 Å². The van der Waals surface area contributed by atoms with Crippen LogP contribution in [0.1, 0.15) is 18.9 Å². The van der Waals surface area contributed by atoms with E-state index in [1.807, 2.05) is 0 Å². The lowest BCUT2D eigenvalue weighted by atomic mass is 9.86. The fraction of sp³-hybridized carbons (Fsp3) is 0.613. The number of aliphatic hydroxyl groups excluding tert-OH is 7. The first-order chi connectivity index (χ1) is 22.9. The van der Waals surface area contributed by atoms with E-state index in [1.54, 1.807) is 19.1 Å². The second-order valence-electron chi connectivity index (χ2n) is 11.4. The number of rotatable bonds is 12. The summed E-state index contributed by atoms with van der Waals surface area (Å²) in [6, 6.07) is 6.37. The fourth-order valence-corrected chi connectivity index (χ4v) is 5.47. The normalized spacial score (nSPS) is 36.2. The van der Waals surface area contributed by atoms with E-state index >= 15 is 0 Å². The van der Waals surface area contributed by atoms with E-state index in [-0.39, 0.29) is 23.5 Å². The first-order valence-electron chi connectivity index (χ1n) is 15.2. The number of phenols is 1. The number of carbonyl (C=O) groups excluding carboxylic acids is 2. The highest BCUT2D eigenvalue weighted by molar-refractivity contribution is 5.90. The van der Waals surface area contributed by atoms with Gasteiger partial charge in [-0.05, 0) is 31.0 Å². The zero-order valence-electron chi connectivity index (χ0n) is 26.2. The third-order valence-electron chi connectivity index (χ3n) is 8.29. The van der Waals surface area contributed by atoms with Gasteiger partial charge in [0.1, 0.15) is 61.2 Å². The van der Waals surface area contributed by atoms with Crippen molar-refractivity contribution in [1.29, 1.82) is 0 Å². The van der Waals surface area contributed by atoms with Crippen molar-refractivity contribution < 1.29 is 83.6 Å². The van der Waals surface area contributed by atoms with E-state index in [9.17, 15) is 50.4 Å². The zero-order valence-corrected chi connectivity index (χ0v) is 26.2. The smallest absolute Gasteiger partial charge is 0.337 e. The van der Waals surface area contributed by atoms with Crippen LogP contribution in [0.15, 0.2) is 47.7 Å². The summed E-state index contributed by atoms with van der Waals surface area (Å²) in [5.74, 6) is -2.69. The molecule has 12 atom stereocenters. The van der Waals surface area contributed by atoms with Gasteiger partial charge in [-0.3, -0.25) is 4.79 Å². The van der Waals surface area contributed by atoms with Crippen LogP contribution in [0.3, 0.4) is 0 Å². The van der Waals surface area contributed by atoms with Crippen molar-refractivity contribution in [1.82, 2.24) is 0 Å². The molecule has 0 radical (unpaired) electrons. The zero-order chi connectivity index (χ0) is 35.1. The molecule has 0 aliphatic carbocycles.